The number of aryl methyl sites for hydroxylation is 1. The highest BCUT2D eigenvalue weighted by Crippen LogP contribution is 2.41. The molecular weight excluding hydrogens is 374 g/mol. The quantitative estimate of drug-likeness (QED) is 0.585. The summed E-state index contributed by atoms with van der Waals surface area (Å²) in [7, 11) is 1.43. The van der Waals surface area contributed by atoms with Gasteiger partial charge in [-0.1, -0.05) is 43.7 Å². The summed E-state index contributed by atoms with van der Waals surface area (Å²) in [6.07, 6.45) is 0.865. The molecule has 2 aromatic rings. The number of carboxylic acid groups (broad SMARTS) is 1. The maximum atomic E-state index is 12.5. The second-order valence-electron chi connectivity index (χ2n) is 7.20. The van der Waals surface area contributed by atoms with Crippen molar-refractivity contribution in [2.45, 2.75) is 26.9 Å². The van der Waals surface area contributed by atoms with Gasteiger partial charge < -0.3 is 19.7 Å². The van der Waals surface area contributed by atoms with E-state index in [0.29, 0.717) is 11.3 Å². The zero-order chi connectivity index (χ0) is 21.6. The summed E-state index contributed by atoms with van der Waals surface area (Å²) in [5.41, 5.74) is 1.22. The maximum Gasteiger partial charge on any atom is 0.412 e. The molecule has 0 unspecified atom stereocenters. The minimum atomic E-state index is -1.11. The number of aliphatic carboxylic acids is 1. The number of carbonyl (C=O) groups excluding carboxylic acids is 1. The number of anilines is 1. The fourth-order valence-corrected chi connectivity index (χ4v) is 2.78. The molecule has 0 saturated carbocycles. The Kier molecular flexibility index (Phi) is 6.88. The number of rotatable bonds is 7. The van der Waals surface area contributed by atoms with E-state index in [-0.39, 0.29) is 11.5 Å². The van der Waals surface area contributed by atoms with Crippen LogP contribution in [0.15, 0.2) is 54.6 Å². The van der Waals surface area contributed by atoms with Gasteiger partial charge in [0, 0.05) is 17.2 Å². The molecule has 0 heterocycles. The summed E-state index contributed by atoms with van der Waals surface area (Å²) in [6, 6.07) is 11.8. The molecule has 2 rings (SSSR count). The third-order valence-corrected chi connectivity index (χ3v) is 4.36. The third-order valence-electron chi connectivity index (χ3n) is 4.36. The molecule has 0 fully saturated rings. The van der Waals surface area contributed by atoms with Crippen LogP contribution in [-0.2, 0) is 9.53 Å². The van der Waals surface area contributed by atoms with Gasteiger partial charge in [-0.15, -0.1) is 0 Å². The van der Waals surface area contributed by atoms with Gasteiger partial charge in [0.2, 0.25) is 0 Å². The number of aromatic hydroxyl groups is 1. The van der Waals surface area contributed by atoms with Crippen LogP contribution in [-0.4, -0.2) is 29.4 Å². The molecule has 0 radical (unpaired) electrons. The lowest BCUT2D eigenvalue weighted by Crippen LogP contribution is -2.27. The SMILES string of the molecule is COc1ccc([C@H](OC(=O)Nc2ccc(C)cc2)C(C)(C)/C=C/C(=O)O)cc1O. The maximum absolute atomic E-state index is 12.5. The summed E-state index contributed by atoms with van der Waals surface area (Å²) in [5, 5.41) is 21.8. The van der Waals surface area contributed by atoms with Crippen molar-refractivity contribution in [2.75, 3.05) is 12.4 Å². The zero-order valence-electron chi connectivity index (χ0n) is 16.8. The number of carbonyl (C=O) groups is 2. The van der Waals surface area contributed by atoms with Gasteiger partial charge in [-0.05, 0) is 36.8 Å². The lowest BCUT2D eigenvalue weighted by molar-refractivity contribution is -0.131. The first-order valence-electron chi connectivity index (χ1n) is 8.96. The fourth-order valence-electron chi connectivity index (χ4n) is 2.78. The molecule has 1 atom stereocenters. The average molecular weight is 399 g/mol. The van der Waals surface area contributed by atoms with E-state index < -0.39 is 23.6 Å². The summed E-state index contributed by atoms with van der Waals surface area (Å²) >= 11 is 0. The number of phenolic OH excluding ortho intramolecular Hbond substituents is 1. The molecule has 1 amide bonds. The van der Waals surface area contributed by atoms with Crippen molar-refractivity contribution in [3.05, 3.63) is 65.7 Å². The highest BCUT2D eigenvalue weighted by Gasteiger charge is 2.33. The minimum Gasteiger partial charge on any atom is -0.504 e. The van der Waals surface area contributed by atoms with E-state index in [0.717, 1.165) is 11.6 Å². The number of phenols is 1. The Morgan fingerprint density at radius 3 is 2.34 bits per heavy atom. The summed E-state index contributed by atoms with van der Waals surface area (Å²) in [6.45, 7) is 5.40. The van der Waals surface area contributed by atoms with E-state index in [1.54, 1.807) is 38.1 Å². The number of benzene rings is 2. The number of methoxy groups -OCH3 is 1. The highest BCUT2D eigenvalue weighted by molar-refractivity contribution is 5.85. The van der Waals surface area contributed by atoms with Crippen LogP contribution in [0.3, 0.4) is 0 Å². The molecule has 0 saturated heterocycles. The first-order chi connectivity index (χ1) is 13.6. The van der Waals surface area contributed by atoms with Crippen LogP contribution in [0, 0.1) is 12.3 Å². The van der Waals surface area contributed by atoms with Crippen molar-refractivity contribution in [2.24, 2.45) is 5.41 Å². The van der Waals surface area contributed by atoms with Gasteiger partial charge in [-0.3, -0.25) is 5.32 Å². The number of ether oxygens (including phenoxy) is 2. The van der Waals surface area contributed by atoms with Crippen molar-refractivity contribution in [3.8, 4) is 11.5 Å². The second-order valence-corrected chi connectivity index (χ2v) is 7.20. The molecule has 3 N–H and O–H groups in total. The van der Waals surface area contributed by atoms with E-state index >= 15 is 0 Å². The summed E-state index contributed by atoms with van der Waals surface area (Å²) in [5.74, 6) is -0.954. The first-order valence-corrected chi connectivity index (χ1v) is 8.96. The van der Waals surface area contributed by atoms with E-state index in [4.69, 9.17) is 14.6 Å². The number of hydrogen-bond donors (Lipinski definition) is 3. The van der Waals surface area contributed by atoms with Gasteiger partial charge in [0.1, 0.15) is 6.10 Å². The van der Waals surface area contributed by atoms with E-state index in [9.17, 15) is 14.7 Å². The van der Waals surface area contributed by atoms with E-state index in [2.05, 4.69) is 5.32 Å². The molecule has 0 aliphatic rings. The topological polar surface area (TPSA) is 105 Å². The highest BCUT2D eigenvalue weighted by atomic mass is 16.6. The molecule has 0 aliphatic heterocycles. The fraction of sp³-hybridized carbons (Fsp3) is 0.273. The molecule has 29 heavy (non-hydrogen) atoms. The largest absolute Gasteiger partial charge is 0.504 e. The normalized spacial score (nSPS) is 12.4. The lowest BCUT2D eigenvalue weighted by Gasteiger charge is -2.31. The van der Waals surface area contributed by atoms with Crippen molar-refractivity contribution < 1.29 is 29.3 Å². The van der Waals surface area contributed by atoms with Crippen LogP contribution in [0.2, 0.25) is 0 Å². The molecular formula is C22H25NO6. The monoisotopic (exact) mass is 399 g/mol. The van der Waals surface area contributed by atoms with Gasteiger partial charge in [0.15, 0.2) is 11.5 Å². The Balaban J connectivity index is 2.33. The van der Waals surface area contributed by atoms with Crippen LogP contribution >= 0.6 is 0 Å². The van der Waals surface area contributed by atoms with Crippen molar-refractivity contribution in [1.82, 2.24) is 0 Å². The Morgan fingerprint density at radius 1 is 1.14 bits per heavy atom. The molecule has 2 aromatic carbocycles. The smallest absolute Gasteiger partial charge is 0.412 e. The van der Waals surface area contributed by atoms with Gasteiger partial charge in [-0.25, -0.2) is 9.59 Å². The first kappa shape index (κ1) is 21.8. The lowest BCUT2D eigenvalue weighted by atomic mass is 9.82. The third kappa shape index (κ3) is 6.00. The van der Waals surface area contributed by atoms with Crippen molar-refractivity contribution in [1.29, 1.82) is 0 Å². The van der Waals surface area contributed by atoms with Crippen LogP contribution in [0.1, 0.15) is 31.1 Å². The van der Waals surface area contributed by atoms with Gasteiger partial charge >= 0.3 is 12.1 Å². The van der Waals surface area contributed by atoms with E-state index in [1.165, 1.54) is 19.3 Å². The minimum absolute atomic E-state index is 0.115. The zero-order valence-corrected chi connectivity index (χ0v) is 16.8. The van der Waals surface area contributed by atoms with Crippen LogP contribution in [0.4, 0.5) is 10.5 Å². The average Bonchev–Trinajstić information content (AvgIpc) is 2.66. The molecule has 0 bridgehead atoms. The van der Waals surface area contributed by atoms with Gasteiger partial charge in [-0.2, -0.15) is 0 Å². The summed E-state index contributed by atoms with van der Waals surface area (Å²) in [4.78, 5) is 23.5. The predicted octanol–water partition coefficient (Wildman–Crippen LogP) is 4.67. The van der Waals surface area contributed by atoms with Crippen LogP contribution < -0.4 is 10.1 Å². The summed E-state index contributed by atoms with van der Waals surface area (Å²) < 4.78 is 10.7. The molecule has 0 aromatic heterocycles. The van der Waals surface area contributed by atoms with Crippen LogP contribution in [0.25, 0.3) is 0 Å². The molecule has 154 valence electrons. The number of hydrogen-bond acceptors (Lipinski definition) is 5. The number of nitrogens with one attached hydrogen (secondary N) is 1. The van der Waals surface area contributed by atoms with Crippen molar-refractivity contribution in [3.63, 3.8) is 0 Å². The Morgan fingerprint density at radius 2 is 1.79 bits per heavy atom. The Bertz CT molecular complexity index is 902. The van der Waals surface area contributed by atoms with Crippen LogP contribution in [0.5, 0.6) is 11.5 Å². The Hall–Kier alpha value is -3.48. The number of amides is 1. The predicted molar refractivity (Wildman–Crippen MR) is 109 cm³/mol. The molecule has 7 nitrogen and oxygen atoms in total. The van der Waals surface area contributed by atoms with Gasteiger partial charge in [0.25, 0.3) is 0 Å². The van der Waals surface area contributed by atoms with Gasteiger partial charge in [0.05, 0.1) is 7.11 Å². The van der Waals surface area contributed by atoms with E-state index in [1.807, 2.05) is 19.1 Å². The second kappa shape index (κ2) is 9.14. The van der Waals surface area contributed by atoms with Crippen molar-refractivity contribution >= 4 is 17.7 Å². The molecule has 0 aliphatic carbocycles. The standard InChI is InChI=1S/C22H25NO6/c1-14-5-8-16(9-6-14)23-21(27)29-20(22(2,3)12-11-19(25)26)15-7-10-18(28-4)17(24)13-15/h5-13,20,24H,1-4H3,(H,23,27)(H,25,26)/b12-11+/t20-/m0/s1. The number of carboxylic acids is 1. The Labute approximate surface area is 169 Å². The molecule has 7 heteroatoms. The molecule has 0 spiro atoms.